The maximum atomic E-state index is 12.9. The molecule has 0 N–H and O–H groups in total. The lowest BCUT2D eigenvalue weighted by atomic mass is 10.1. The fourth-order valence-electron chi connectivity index (χ4n) is 2.98. The fraction of sp³-hybridized carbons (Fsp3) is 0.263. The SMILES string of the molecule is O=C(c1nc(-c2ccccc2)cs1)N1CCCC(Oc2ncc(F)cn2)C1. The topological polar surface area (TPSA) is 68.2 Å². The molecule has 2 aromatic heterocycles. The minimum absolute atomic E-state index is 0.101. The zero-order valence-corrected chi connectivity index (χ0v) is 15.2. The van der Waals surface area contributed by atoms with Gasteiger partial charge in [-0.2, -0.15) is 0 Å². The molecule has 138 valence electrons. The summed E-state index contributed by atoms with van der Waals surface area (Å²) in [7, 11) is 0. The van der Waals surface area contributed by atoms with Gasteiger partial charge in [-0.15, -0.1) is 11.3 Å². The molecule has 0 radical (unpaired) electrons. The number of nitrogens with zero attached hydrogens (tertiary/aromatic N) is 4. The monoisotopic (exact) mass is 384 g/mol. The molecule has 3 heterocycles. The number of likely N-dealkylation sites (tertiary alicyclic amines) is 1. The quantitative estimate of drug-likeness (QED) is 0.689. The molecular weight excluding hydrogens is 367 g/mol. The fourth-order valence-corrected chi connectivity index (χ4v) is 3.77. The number of piperidine rings is 1. The Balaban J connectivity index is 1.43. The molecular formula is C19H17FN4O2S. The summed E-state index contributed by atoms with van der Waals surface area (Å²) in [6, 6.07) is 9.89. The molecule has 1 fully saturated rings. The summed E-state index contributed by atoms with van der Waals surface area (Å²) < 4.78 is 18.6. The van der Waals surface area contributed by atoms with Crippen molar-refractivity contribution in [2.24, 2.45) is 0 Å². The van der Waals surface area contributed by atoms with Crippen molar-refractivity contribution in [2.75, 3.05) is 13.1 Å². The predicted molar refractivity (Wildman–Crippen MR) is 99.1 cm³/mol. The minimum atomic E-state index is -0.513. The summed E-state index contributed by atoms with van der Waals surface area (Å²) in [6.07, 6.45) is 3.51. The molecule has 1 aliphatic heterocycles. The lowest BCUT2D eigenvalue weighted by Gasteiger charge is -2.31. The van der Waals surface area contributed by atoms with Gasteiger partial charge in [0.25, 0.3) is 5.91 Å². The first kappa shape index (κ1) is 17.5. The molecule has 1 aliphatic rings. The highest BCUT2D eigenvalue weighted by Gasteiger charge is 2.28. The Labute approximate surface area is 159 Å². The van der Waals surface area contributed by atoms with Crippen LogP contribution in [0, 0.1) is 5.82 Å². The number of carbonyl (C=O) groups is 1. The van der Waals surface area contributed by atoms with Crippen molar-refractivity contribution in [1.82, 2.24) is 19.9 Å². The van der Waals surface area contributed by atoms with Gasteiger partial charge in [-0.1, -0.05) is 30.3 Å². The van der Waals surface area contributed by atoms with Gasteiger partial charge in [0.05, 0.1) is 24.6 Å². The molecule has 0 aliphatic carbocycles. The number of aromatic nitrogens is 3. The molecule has 1 aromatic carbocycles. The average molecular weight is 384 g/mol. The number of halogens is 1. The summed E-state index contributed by atoms with van der Waals surface area (Å²) in [5.74, 6) is -0.615. The van der Waals surface area contributed by atoms with Gasteiger partial charge in [0.15, 0.2) is 10.8 Å². The first-order chi connectivity index (χ1) is 13.2. The zero-order chi connectivity index (χ0) is 18.6. The van der Waals surface area contributed by atoms with Gasteiger partial charge in [-0.3, -0.25) is 4.79 Å². The van der Waals surface area contributed by atoms with Gasteiger partial charge in [-0.25, -0.2) is 19.3 Å². The average Bonchev–Trinajstić information content (AvgIpc) is 3.20. The maximum Gasteiger partial charge on any atom is 0.316 e. The van der Waals surface area contributed by atoms with E-state index in [1.54, 1.807) is 4.90 Å². The highest BCUT2D eigenvalue weighted by molar-refractivity contribution is 7.12. The van der Waals surface area contributed by atoms with Gasteiger partial charge < -0.3 is 9.64 Å². The molecule has 0 spiro atoms. The highest BCUT2D eigenvalue weighted by atomic mass is 32.1. The van der Waals surface area contributed by atoms with Gasteiger partial charge >= 0.3 is 6.01 Å². The van der Waals surface area contributed by atoms with Crippen LogP contribution in [0.5, 0.6) is 6.01 Å². The van der Waals surface area contributed by atoms with Crippen molar-refractivity contribution >= 4 is 17.2 Å². The van der Waals surface area contributed by atoms with E-state index in [0.29, 0.717) is 18.1 Å². The zero-order valence-electron chi connectivity index (χ0n) is 14.4. The second-order valence-corrected chi connectivity index (χ2v) is 7.08. The van der Waals surface area contributed by atoms with E-state index in [1.807, 2.05) is 35.7 Å². The van der Waals surface area contributed by atoms with Crippen molar-refractivity contribution in [3.63, 3.8) is 0 Å². The summed E-state index contributed by atoms with van der Waals surface area (Å²) in [4.78, 5) is 26.7. The van der Waals surface area contributed by atoms with E-state index in [2.05, 4.69) is 15.0 Å². The molecule has 8 heteroatoms. The van der Waals surface area contributed by atoms with Crippen molar-refractivity contribution in [3.8, 4) is 17.3 Å². The number of rotatable bonds is 4. The number of hydrogen-bond donors (Lipinski definition) is 0. The van der Waals surface area contributed by atoms with E-state index in [9.17, 15) is 9.18 Å². The number of ether oxygens (including phenoxy) is 1. The second-order valence-electron chi connectivity index (χ2n) is 6.22. The standard InChI is InChI=1S/C19H17FN4O2S/c20-14-9-21-19(22-10-14)26-15-7-4-8-24(11-15)18(25)17-23-16(12-27-17)13-5-2-1-3-6-13/h1-3,5-6,9-10,12,15H,4,7-8,11H2. The van der Waals surface area contributed by atoms with E-state index >= 15 is 0 Å². The third-order valence-electron chi connectivity index (χ3n) is 4.29. The number of thiazole rings is 1. The van der Waals surface area contributed by atoms with E-state index < -0.39 is 5.82 Å². The number of amides is 1. The largest absolute Gasteiger partial charge is 0.458 e. The van der Waals surface area contributed by atoms with Crippen LogP contribution in [0.1, 0.15) is 22.6 Å². The Bertz CT molecular complexity index is 917. The Morgan fingerprint density at radius 3 is 2.78 bits per heavy atom. The molecule has 6 nitrogen and oxygen atoms in total. The van der Waals surface area contributed by atoms with Crippen LogP contribution in [0.2, 0.25) is 0 Å². The third-order valence-corrected chi connectivity index (χ3v) is 5.12. The number of carbonyl (C=O) groups excluding carboxylic acids is 1. The normalized spacial score (nSPS) is 16.9. The molecule has 0 bridgehead atoms. The van der Waals surface area contributed by atoms with E-state index in [-0.39, 0.29) is 18.0 Å². The summed E-state index contributed by atoms with van der Waals surface area (Å²) in [5.41, 5.74) is 1.79. The van der Waals surface area contributed by atoms with Crippen LogP contribution in [0.15, 0.2) is 48.1 Å². The maximum absolute atomic E-state index is 12.9. The molecule has 1 amide bonds. The van der Waals surface area contributed by atoms with Crippen LogP contribution < -0.4 is 4.74 Å². The lowest BCUT2D eigenvalue weighted by molar-refractivity contribution is 0.0515. The van der Waals surface area contributed by atoms with Crippen LogP contribution in [-0.2, 0) is 0 Å². The molecule has 4 rings (SSSR count). The smallest absolute Gasteiger partial charge is 0.316 e. The molecule has 1 unspecified atom stereocenters. The summed E-state index contributed by atoms with van der Waals surface area (Å²) in [6.45, 7) is 1.09. The first-order valence-corrected chi connectivity index (χ1v) is 9.51. The Morgan fingerprint density at radius 1 is 1.22 bits per heavy atom. The third kappa shape index (κ3) is 4.11. The van der Waals surface area contributed by atoms with Crippen molar-refractivity contribution in [1.29, 1.82) is 0 Å². The van der Waals surface area contributed by atoms with Gasteiger partial charge in [-0.05, 0) is 12.8 Å². The van der Waals surface area contributed by atoms with E-state index in [0.717, 1.165) is 36.5 Å². The molecule has 1 saturated heterocycles. The highest BCUT2D eigenvalue weighted by Crippen LogP contribution is 2.24. The lowest BCUT2D eigenvalue weighted by Crippen LogP contribution is -2.44. The van der Waals surface area contributed by atoms with Gasteiger partial charge in [0.2, 0.25) is 0 Å². The van der Waals surface area contributed by atoms with E-state index in [1.165, 1.54) is 11.3 Å². The van der Waals surface area contributed by atoms with Crippen molar-refractivity contribution in [3.05, 3.63) is 58.9 Å². The van der Waals surface area contributed by atoms with Gasteiger partial charge in [0.1, 0.15) is 6.10 Å². The van der Waals surface area contributed by atoms with Crippen molar-refractivity contribution in [2.45, 2.75) is 18.9 Å². The molecule has 0 saturated carbocycles. The Hall–Kier alpha value is -2.87. The van der Waals surface area contributed by atoms with Crippen LogP contribution in [-0.4, -0.2) is 45.0 Å². The second kappa shape index (κ2) is 7.79. The van der Waals surface area contributed by atoms with Crippen LogP contribution in [0.3, 0.4) is 0 Å². The van der Waals surface area contributed by atoms with Crippen LogP contribution >= 0.6 is 11.3 Å². The summed E-state index contributed by atoms with van der Waals surface area (Å²) >= 11 is 1.34. The van der Waals surface area contributed by atoms with Gasteiger partial charge in [0, 0.05) is 17.5 Å². The minimum Gasteiger partial charge on any atom is -0.458 e. The molecule has 3 aromatic rings. The van der Waals surface area contributed by atoms with Crippen molar-refractivity contribution < 1.29 is 13.9 Å². The predicted octanol–water partition coefficient (Wildman–Crippen LogP) is 3.42. The summed E-state index contributed by atoms with van der Waals surface area (Å²) in [5, 5.41) is 2.36. The number of hydrogen-bond acceptors (Lipinski definition) is 6. The Kier molecular flexibility index (Phi) is 5.06. The van der Waals surface area contributed by atoms with Crippen LogP contribution in [0.4, 0.5) is 4.39 Å². The first-order valence-electron chi connectivity index (χ1n) is 8.63. The van der Waals surface area contributed by atoms with E-state index in [4.69, 9.17) is 4.74 Å². The number of benzene rings is 1. The molecule has 1 atom stereocenters. The Morgan fingerprint density at radius 2 is 2.00 bits per heavy atom. The van der Waals surface area contributed by atoms with Crippen LogP contribution in [0.25, 0.3) is 11.3 Å². The molecule has 27 heavy (non-hydrogen) atoms.